The van der Waals surface area contributed by atoms with E-state index < -0.39 is 35.1 Å². The molecule has 0 aromatic heterocycles. The van der Waals surface area contributed by atoms with Gasteiger partial charge in [0.2, 0.25) is 18.6 Å². The molecule has 11 nitrogen and oxygen atoms in total. The van der Waals surface area contributed by atoms with Gasteiger partial charge < -0.3 is 19.9 Å². The number of carboxylic acids is 1. The van der Waals surface area contributed by atoms with Crippen molar-refractivity contribution >= 4 is 40.6 Å². The lowest BCUT2D eigenvalue weighted by Crippen LogP contribution is -2.55. The highest BCUT2D eigenvalue weighted by atomic mass is 32.2. The Morgan fingerprint density at radius 3 is 2.70 bits per heavy atom. The second-order valence-corrected chi connectivity index (χ2v) is 9.31. The number of amides is 3. The number of carbonyl (C=O) groups is 5. The Kier molecular flexibility index (Phi) is 6.45. The zero-order chi connectivity index (χ0) is 23.7. The van der Waals surface area contributed by atoms with Crippen LogP contribution in [0.15, 0.2) is 18.2 Å². The second kappa shape index (κ2) is 9.30. The number of benzene rings is 1. The highest BCUT2D eigenvalue weighted by Crippen LogP contribution is 2.33. The van der Waals surface area contributed by atoms with Crippen LogP contribution in [0.2, 0.25) is 0 Å². The van der Waals surface area contributed by atoms with Gasteiger partial charge in [0.05, 0.1) is 5.25 Å². The van der Waals surface area contributed by atoms with Crippen LogP contribution in [0.4, 0.5) is 0 Å². The minimum absolute atomic E-state index is 0.00773. The molecule has 0 radical (unpaired) electrons. The third kappa shape index (κ3) is 4.75. The van der Waals surface area contributed by atoms with Crippen LogP contribution in [0.1, 0.15) is 31.7 Å². The van der Waals surface area contributed by atoms with E-state index in [1.54, 1.807) is 18.2 Å². The van der Waals surface area contributed by atoms with Crippen LogP contribution in [0.5, 0.6) is 11.5 Å². The molecule has 1 aromatic rings. The molecule has 3 atom stereocenters. The highest BCUT2D eigenvalue weighted by Gasteiger charge is 2.47. The number of thioether (sulfide) groups is 1. The van der Waals surface area contributed by atoms with Gasteiger partial charge >= 0.3 is 5.97 Å². The Balaban J connectivity index is 1.50. The quantitative estimate of drug-likeness (QED) is 0.592. The smallest absolute Gasteiger partial charge is 0.328 e. The zero-order valence-corrected chi connectivity index (χ0v) is 18.6. The van der Waals surface area contributed by atoms with E-state index >= 15 is 0 Å². The van der Waals surface area contributed by atoms with E-state index in [1.807, 2.05) is 0 Å². The second-order valence-electron chi connectivity index (χ2n) is 7.93. The predicted molar refractivity (Wildman–Crippen MR) is 114 cm³/mol. The fraction of sp³-hybridized carbons (Fsp3) is 0.476. The van der Waals surface area contributed by atoms with E-state index in [9.17, 15) is 29.1 Å². The number of nitrogens with one attached hydrogen (secondary N) is 1. The summed E-state index contributed by atoms with van der Waals surface area (Å²) in [5.41, 5.74) is 0.743. The van der Waals surface area contributed by atoms with Crippen LogP contribution in [0, 0.1) is 0 Å². The monoisotopic (exact) mass is 477 g/mol. The lowest BCUT2D eigenvalue weighted by atomic mass is 10.1. The van der Waals surface area contributed by atoms with Gasteiger partial charge in [0.1, 0.15) is 6.04 Å². The number of hydrazine groups is 1. The van der Waals surface area contributed by atoms with Gasteiger partial charge in [0, 0.05) is 26.3 Å². The van der Waals surface area contributed by atoms with Crippen molar-refractivity contribution in [2.45, 2.75) is 49.9 Å². The average Bonchev–Trinajstić information content (AvgIpc) is 3.39. The molecule has 3 amide bonds. The number of aliphatic carboxylic acids is 1. The van der Waals surface area contributed by atoms with Crippen molar-refractivity contribution in [2.75, 3.05) is 13.3 Å². The highest BCUT2D eigenvalue weighted by molar-refractivity contribution is 8.14. The Morgan fingerprint density at radius 1 is 1.21 bits per heavy atom. The van der Waals surface area contributed by atoms with Gasteiger partial charge in [-0.2, -0.15) is 0 Å². The van der Waals surface area contributed by atoms with Crippen LogP contribution in [-0.4, -0.2) is 74.6 Å². The van der Waals surface area contributed by atoms with Crippen LogP contribution in [0.3, 0.4) is 0 Å². The lowest BCUT2D eigenvalue weighted by molar-refractivity contribution is -0.166. The molecule has 3 aliphatic rings. The largest absolute Gasteiger partial charge is 0.480 e. The van der Waals surface area contributed by atoms with Gasteiger partial charge in [0.15, 0.2) is 22.7 Å². The zero-order valence-electron chi connectivity index (χ0n) is 17.8. The van der Waals surface area contributed by atoms with E-state index in [2.05, 4.69) is 5.32 Å². The normalized spacial score (nSPS) is 22.6. The molecule has 2 N–H and O–H groups in total. The van der Waals surface area contributed by atoms with Crippen molar-refractivity contribution in [1.29, 1.82) is 0 Å². The van der Waals surface area contributed by atoms with E-state index in [0.717, 1.165) is 27.3 Å². The molecule has 0 bridgehead atoms. The molecule has 0 saturated carbocycles. The summed E-state index contributed by atoms with van der Waals surface area (Å²) < 4.78 is 10.6. The van der Waals surface area contributed by atoms with Crippen molar-refractivity contribution in [1.82, 2.24) is 15.3 Å². The molecule has 1 unspecified atom stereocenters. The van der Waals surface area contributed by atoms with E-state index in [0.29, 0.717) is 11.5 Å². The van der Waals surface area contributed by atoms with Crippen molar-refractivity contribution in [3.05, 3.63) is 23.8 Å². The number of rotatable bonds is 6. The van der Waals surface area contributed by atoms with Gasteiger partial charge in [-0.05, 0) is 30.5 Å². The lowest BCUT2D eigenvalue weighted by Gasteiger charge is -2.30. The molecular weight excluding hydrogens is 454 g/mol. The van der Waals surface area contributed by atoms with E-state index in [1.165, 1.54) is 6.92 Å². The number of carbonyl (C=O) groups excluding carboxylic acids is 4. The molecule has 3 heterocycles. The fourth-order valence-electron chi connectivity index (χ4n) is 4.14. The Hall–Kier alpha value is -3.28. The summed E-state index contributed by atoms with van der Waals surface area (Å²) in [5, 5.41) is 13.1. The molecule has 33 heavy (non-hydrogen) atoms. The van der Waals surface area contributed by atoms with Crippen molar-refractivity contribution in [2.24, 2.45) is 0 Å². The van der Waals surface area contributed by atoms with E-state index in [4.69, 9.17) is 9.47 Å². The maximum atomic E-state index is 13.1. The first-order chi connectivity index (χ1) is 15.7. The molecule has 1 aromatic carbocycles. The number of fused-ring (bicyclic) bond motifs is 2. The topological polar surface area (TPSA) is 143 Å². The first-order valence-corrected chi connectivity index (χ1v) is 11.3. The molecule has 2 fully saturated rings. The third-order valence-electron chi connectivity index (χ3n) is 5.69. The standard InChI is InChI=1S/C21H23N3O8S/c1-11(25)33-17(9-12-2-4-15-16(8-12)32-10-31-15)19(27)22-13-3-5-18(26)23-7-6-14(21(29)30)24(23)20(13)28/h2,4,8,13-14,17H,3,5-7,9-10H2,1H3,(H,22,27)(H,29,30)/t13?,14-,17+/m0/s1. The number of hydrogen-bond acceptors (Lipinski definition) is 8. The summed E-state index contributed by atoms with van der Waals surface area (Å²) in [6, 6.07) is 3.00. The van der Waals surface area contributed by atoms with Crippen molar-refractivity contribution in [3.8, 4) is 11.5 Å². The Bertz CT molecular complexity index is 1020. The summed E-state index contributed by atoms with van der Waals surface area (Å²) in [6.07, 6.45) is 0.358. The van der Waals surface area contributed by atoms with Crippen LogP contribution < -0.4 is 14.8 Å². The predicted octanol–water partition coefficient (Wildman–Crippen LogP) is 0.314. The number of ether oxygens (including phenoxy) is 2. The summed E-state index contributed by atoms with van der Waals surface area (Å²) in [4.78, 5) is 62.0. The first kappa shape index (κ1) is 22.9. The fourth-order valence-corrected chi connectivity index (χ4v) is 4.99. The van der Waals surface area contributed by atoms with E-state index in [-0.39, 0.29) is 50.0 Å². The molecule has 12 heteroatoms. The van der Waals surface area contributed by atoms with Gasteiger partial charge in [-0.3, -0.25) is 24.2 Å². The molecule has 0 spiro atoms. The van der Waals surface area contributed by atoms with Gasteiger partial charge in [-0.15, -0.1) is 0 Å². The molecular formula is C21H23N3O8S. The third-order valence-corrected chi connectivity index (χ3v) is 6.69. The maximum Gasteiger partial charge on any atom is 0.328 e. The van der Waals surface area contributed by atoms with Crippen LogP contribution >= 0.6 is 11.8 Å². The van der Waals surface area contributed by atoms with Gasteiger partial charge in [0.25, 0.3) is 5.91 Å². The minimum atomic E-state index is -1.21. The minimum Gasteiger partial charge on any atom is -0.480 e. The SMILES string of the molecule is CC(=O)S[C@H](Cc1ccc2c(c1)OCO2)C(=O)NC1CCC(=O)N2CC[C@@H](C(=O)O)N2C1=O. The maximum absolute atomic E-state index is 13.1. The first-order valence-electron chi connectivity index (χ1n) is 10.5. The molecule has 176 valence electrons. The van der Waals surface area contributed by atoms with Gasteiger partial charge in [-0.1, -0.05) is 17.8 Å². The number of carboxylic acid groups (broad SMARTS) is 1. The van der Waals surface area contributed by atoms with Gasteiger partial charge in [-0.25, -0.2) is 9.80 Å². The molecule has 3 aliphatic heterocycles. The molecule has 0 aliphatic carbocycles. The number of hydrogen-bond donors (Lipinski definition) is 2. The van der Waals surface area contributed by atoms with Crippen molar-refractivity contribution in [3.63, 3.8) is 0 Å². The van der Waals surface area contributed by atoms with Crippen LogP contribution in [0.25, 0.3) is 0 Å². The van der Waals surface area contributed by atoms with Crippen molar-refractivity contribution < 1.29 is 38.6 Å². The summed E-state index contributed by atoms with van der Waals surface area (Å²) in [5.74, 6) is -1.62. The summed E-state index contributed by atoms with van der Waals surface area (Å²) in [7, 11) is 0. The van der Waals surface area contributed by atoms with Crippen LogP contribution in [-0.2, 0) is 30.4 Å². The Morgan fingerprint density at radius 2 is 1.97 bits per heavy atom. The summed E-state index contributed by atoms with van der Waals surface area (Å²) in [6.45, 7) is 1.59. The number of nitrogens with zero attached hydrogens (tertiary/aromatic N) is 2. The average molecular weight is 477 g/mol. The summed E-state index contributed by atoms with van der Waals surface area (Å²) >= 11 is 0.837. The molecule has 2 saturated heterocycles. The Labute approximate surface area is 193 Å². The molecule has 4 rings (SSSR count).